The van der Waals surface area contributed by atoms with Crippen LogP contribution in [0.4, 0.5) is 24.5 Å². The number of rotatable bonds is 4. The molecule has 0 spiro atoms. The lowest BCUT2D eigenvalue weighted by atomic mass is 9.89. The van der Waals surface area contributed by atoms with Crippen LogP contribution in [0.2, 0.25) is 5.02 Å². The van der Waals surface area contributed by atoms with E-state index < -0.39 is 30.5 Å². The Balaban J connectivity index is 1.46. The highest BCUT2D eigenvalue weighted by atomic mass is 35.5. The molecule has 6 nitrogen and oxygen atoms in total. The highest BCUT2D eigenvalue weighted by Crippen LogP contribution is 2.38. The Morgan fingerprint density at radius 3 is 2.32 bits per heavy atom. The third-order valence-corrected chi connectivity index (χ3v) is 6.47. The number of Topliss-reactive ketones (excluding diaryl/α,β-unsaturated/α-hetero) is 1. The number of alkyl halides is 3. The molecule has 2 aromatic rings. The predicted octanol–water partition coefficient (Wildman–Crippen LogP) is 4.54. The number of piperidine rings is 1. The fourth-order valence-electron chi connectivity index (χ4n) is 4.47. The fraction of sp³-hybridized carbons (Fsp3) is 0.375. The molecule has 4 rings (SSSR count). The molecule has 0 bridgehead atoms. The van der Waals surface area contributed by atoms with Crippen LogP contribution in [0.25, 0.3) is 0 Å². The number of hydrogen-bond donors (Lipinski definition) is 1. The van der Waals surface area contributed by atoms with Crippen LogP contribution in [0, 0.1) is 5.92 Å². The van der Waals surface area contributed by atoms with Crippen LogP contribution in [-0.2, 0) is 9.59 Å². The van der Waals surface area contributed by atoms with Crippen molar-refractivity contribution in [3.8, 4) is 0 Å². The summed E-state index contributed by atoms with van der Waals surface area (Å²) in [6.45, 7) is 0.565. The van der Waals surface area contributed by atoms with Crippen LogP contribution >= 0.6 is 11.6 Å². The monoisotopic (exact) mass is 493 g/mol. The molecule has 180 valence electrons. The molecule has 34 heavy (non-hydrogen) atoms. The van der Waals surface area contributed by atoms with Crippen LogP contribution in [0.5, 0.6) is 0 Å². The summed E-state index contributed by atoms with van der Waals surface area (Å²) >= 11 is 5.88. The Bertz CT molecular complexity index is 1080. The summed E-state index contributed by atoms with van der Waals surface area (Å²) in [5.41, 5.74) is 0.749. The number of nitrogens with one attached hydrogen (secondary N) is 1. The van der Waals surface area contributed by atoms with Crippen molar-refractivity contribution in [1.29, 1.82) is 0 Å². The van der Waals surface area contributed by atoms with Crippen molar-refractivity contribution in [3.05, 3.63) is 59.1 Å². The molecule has 10 heteroatoms. The summed E-state index contributed by atoms with van der Waals surface area (Å²) in [7, 11) is 0. The number of amides is 2. The number of para-hydroxylation sites is 2. The van der Waals surface area contributed by atoms with Gasteiger partial charge in [-0.15, -0.1) is 0 Å². The first-order valence-electron chi connectivity index (χ1n) is 10.9. The highest BCUT2D eigenvalue weighted by Gasteiger charge is 2.49. The minimum absolute atomic E-state index is 0.00851. The van der Waals surface area contributed by atoms with Crippen molar-refractivity contribution in [1.82, 2.24) is 4.90 Å². The Morgan fingerprint density at radius 2 is 1.68 bits per heavy atom. The zero-order valence-corrected chi connectivity index (χ0v) is 18.9. The number of hydrogen-bond acceptors (Lipinski definition) is 4. The number of carbonyl (C=O) groups excluding carboxylic acids is 3. The third-order valence-electron chi connectivity index (χ3n) is 6.22. The number of anilines is 2. The second-order valence-electron chi connectivity index (χ2n) is 8.51. The van der Waals surface area contributed by atoms with Crippen molar-refractivity contribution in [2.75, 3.05) is 29.9 Å². The first-order chi connectivity index (χ1) is 16.1. The molecule has 0 aromatic heterocycles. The minimum Gasteiger partial charge on any atom is -0.324 e. The molecule has 2 aliphatic rings. The molecule has 1 atom stereocenters. The van der Waals surface area contributed by atoms with Crippen LogP contribution in [0.1, 0.15) is 29.6 Å². The second kappa shape index (κ2) is 9.76. The van der Waals surface area contributed by atoms with E-state index in [0.29, 0.717) is 41.4 Å². The van der Waals surface area contributed by atoms with E-state index >= 15 is 0 Å². The number of halogens is 4. The molecule has 1 saturated heterocycles. The Morgan fingerprint density at radius 1 is 1.03 bits per heavy atom. The van der Waals surface area contributed by atoms with E-state index in [1.807, 2.05) is 0 Å². The summed E-state index contributed by atoms with van der Waals surface area (Å²) in [6, 6.07) is 10.4. The van der Waals surface area contributed by atoms with Gasteiger partial charge in [-0.05, 0) is 62.3 Å². The van der Waals surface area contributed by atoms with E-state index in [1.54, 1.807) is 35.2 Å². The average molecular weight is 494 g/mol. The lowest BCUT2D eigenvalue weighted by Crippen LogP contribution is -2.53. The molecule has 0 aliphatic carbocycles. The van der Waals surface area contributed by atoms with Gasteiger partial charge in [0.1, 0.15) is 6.04 Å². The number of carbonyl (C=O) groups is 3. The smallest absolute Gasteiger partial charge is 0.324 e. The predicted molar refractivity (Wildman–Crippen MR) is 122 cm³/mol. The molecule has 0 saturated carbocycles. The number of benzene rings is 2. The van der Waals surface area contributed by atoms with Crippen LogP contribution in [-0.4, -0.2) is 54.3 Å². The normalized spacial score (nSPS) is 19.8. The van der Waals surface area contributed by atoms with E-state index in [9.17, 15) is 27.6 Å². The molecular formula is C24H23ClF3N3O3. The van der Waals surface area contributed by atoms with Gasteiger partial charge in [-0.25, -0.2) is 0 Å². The van der Waals surface area contributed by atoms with Gasteiger partial charge in [0.25, 0.3) is 0 Å². The molecule has 2 amide bonds. The van der Waals surface area contributed by atoms with Crippen molar-refractivity contribution in [2.45, 2.75) is 31.5 Å². The highest BCUT2D eigenvalue weighted by molar-refractivity contribution is 6.30. The molecular weight excluding hydrogens is 471 g/mol. The molecule has 1 fully saturated rings. The van der Waals surface area contributed by atoms with Gasteiger partial charge in [0.2, 0.25) is 11.8 Å². The fourth-order valence-corrected chi connectivity index (χ4v) is 4.59. The Labute approximate surface area is 199 Å². The minimum atomic E-state index is -4.78. The van der Waals surface area contributed by atoms with Crippen LogP contribution in [0.15, 0.2) is 48.5 Å². The van der Waals surface area contributed by atoms with E-state index in [4.69, 9.17) is 11.6 Å². The van der Waals surface area contributed by atoms with Gasteiger partial charge in [0.05, 0.1) is 24.3 Å². The number of fused-ring (bicyclic) bond motifs is 1. The molecule has 2 heterocycles. The summed E-state index contributed by atoms with van der Waals surface area (Å²) in [4.78, 5) is 40.5. The molecule has 1 N–H and O–H groups in total. The van der Waals surface area contributed by atoms with E-state index in [-0.39, 0.29) is 29.6 Å². The van der Waals surface area contributed by atoms with Crippen molar-refractivity contribution in [2.24, 2.45) is 5.92 Å². The SMILES string of the molecule is O=C1CC(C(F)(F)F)N(C(=O)CN2CCC(C(=O)c3ccc(Cl)cc3)CC2)c2ccccc2N1. The van der Waals surface area contributed by atoms with E-state index in [1.165, 1.54) is 18.2 Å². The Kier molecular flexibility index (Phi) is 6.95. The number of nitrogens with zero attached hydrogens (tertiary/aromatic N) is 2. The first kappa shape index (κ1) is 24.2. The first-order valence-corrected chi connectivity index (χ1v) is 11.3. The maximum atomic E-state index is 13.9. The molecule has 2 aliphatic heterocycles. The largest absolute Gasteiger partial charge is 0.409 e. The van der Waals surface area contributed by atoms with Crippen molar-refractivity contribution >= 4 is 40.6 Å². The van der Waals surface area contributed by atoms with Gasteiger partial charge in [0, 0.05) is 16.5 Å². The standard InChI is InChI=1S/C24H23ClF3N3O3/c25-17-7-5-15(6-8-17)23(34)16-9-11-30(12-10-16)14-22(33)31-19-4-2-1-3-18(19)29-21(32)13-20(31)24(26,27)28/h1-8,16,20H,9-14H2,(H,29,32). The maximum Gasteiger partial charge on any atom is 0.409 e. The molecule has 1 unspecified atom stereocenters. The van der Waals surface area contributed by atoms with Gasteiger partial charge in [-0.1, -0.05) is 23.7 Å². The maximum absolute atomic E-state index is 13.9. The van der Waals surface area contributed by atoms with Gasteiger partial charge in [0.15, 0.2) is 5.78 Å². The van der Waals surface area contributed by atoms with Gasteiger partial charge in [-0.2, -0.15) is 13.2 Å². The van der Waals surface area contributed by atoms with Crippen LogP contribution in [0.3, 0.4) is 0 Å². The van der Waals surface area contributed by atoms with Gasteiger partial charge in [-0.3, -0.25) is 24.2 Å². The zero-order chi connectivity index (χ0) is 24.5. The van der Waals surface area contributed by atoms with Crippen LogP contribution < -0.4 is 10.2 Å². The van der Waals surface area contributed by atoms with E-state index in [2.05, 4.69) is 5.32 Å². The number of ketones is 1. The molecule has 2 aromatic carbocycles. The summed E-state index contributed by atoms with van der Waals surface area (Å²) < 4.78 is 41.6. The van der Waals surface area contributed by atoms with Crippen molar-refractivity contribution < 1.29 is 27.6 Å². The van der Waals surface area contributed by atoms with Crippen molar-refractivity contribution in [3.63, 3.8) is 0 Å². The van der Waals surface area contributed by atoms with Gasteiger partial charge < -0.3 is 5.32 Å². The average Bonchev–Trinajstić information content (AvgIpc) is 2.95. The lowest BCUT2D eigenvalue weighted by molar-refractivity contribution is -0.158. The van der Waals surface area contributed by atoms with Gasteiger partial charge >= 0.3 is 6.18 Å². The Hall–Kier alpha value is -2.91. The second-order valence-corrected chi connectivity index (χ2v) is 8.95. The lowest BCUT2D eigenvalue weighted by Gasteiger charge is -2.35. The summed E-state index contributed by atoms with van der Waals surface area (Å²) in [6.07, 6.45) is -4.66. The quantitative estimate of drug-likeness (QED) is 0.635. The molecule has 0 radical (unpaired) electrons. The van der Waals surface area contributed by atoms with E-state index in [0.717, 1.165) is 0 Å². The number of likely N-dealkylation sites (tertiary alicyclic amines) is 1. The topological polar surface area (TPSA) is 69.7 Å². The summed E-state index contributed by atoms with van der Waals surface area (Å²) in [5.74, 6) is -1.78. The third kappa shape index (κ3) is 5.26. The summed E-state index contributed by atoms with van der Waals surface area (Å²) in [5, 5.41) is 2.99. The zero-order valence-electron chi connectivity index (χ0n) is 18.1.